The molecule has 2 fully saturated rings. The van der Waals surface area contributed by atoms with Crippen molar-refractivity contribution in [2.24, 2.45) is 0 Å². The van der Waals surface area contributed by atoms with E-state index in [0.29, 0.717) is 26.3 Å². The average Bonchev–Trinajstić information content (AvgIpc) is 3.27. The average molecular weight is 439 g/mol. The van der Waals surface area contributed by atoms with Crippen molar-refractivity contribution in [1.29, 1.82) is 0 Å². The van der Waals surface area contributed by atoms with Gasteiger partial charge in [-0.1, -0.05) is 41.7 Å². The topological polar surface area (TPSA) is 66.9 Å². The highest BCUT2D eigenvalue weighted by Crippen LogP contribution is 2.32. The Hall–Kier alpha value is -2.68. The molecule has 0 bridgehead atoms. The predicted molar refractivity (Wildman–Crippen MR) is 123 cm³/mol. The smallest absolute Gasteiger partial charge is 0.249 e. The van der Waals surface area contributed by atoms with E-state index in [9.17, 15) is 4.79 Å². The molecule has 2 aliphatic heterocycles. The highest BCUT2D eigenvalue weighted by Gasteiger charge is 2.27. The maximum atomic E-state index is 13.4. The lowest BCUT2D eigenvalue weighted by Crippen LogP contribution is -2.44. The second-order valence-electron chi connectivity index (χ2n) is 7.70. The Kier molecular flexibility index (Phi) is 6.01. The van der Waals surface area contributed by atoms with Crippen LogP contribution in [0.3, 0.4) is 0 Å². The number of carbonyl (C=O) groups excluding carboxylic acids is 1. The number of carbonyl (C=O) groups is 1. The van der Waals surface area contributed by atoms with Gasteiger partial charge in [0.25, 0.3) is 0 Å². The van der Waals surface area contributed by atoms with Crippen LogP contribution < -0.4 is 10.2 Å². The van der Waals surface area contributed by atoms with Crippen molar-refractivity contribution in [3.63, 3.8) is 0 Å². The fourth-order valence-corrected chi connectivity index (χ4v) is 5.01. The molecule has 1 aromatic heterocycles. The Morgan fingerprint density at radius 2 is 1.68 bits per heavy atom. The van der Waals surface area contributed by atoms with Crippen molar-refractivity contribution in [2.45, 2.75) is 6.04 Å². The molecule has 5 rings (SSSR count). The number of amides is 1. The van der Waals surface area contributed by atoms with Crippen molar-refractivity contribution in [1.82, 2.24) is 9.88 Å². The molecule has 1 unspecified atom stereocenters. The van der Waals surface area contributed by atoms with Crippen LogP contribution >= 0.6 is 11.3 Å². The number of morpholine rings is 2. The molecular weight excluding hydrogens is 412 g/mol. The Labute approximate surface area is 185 Å². The van der Waals surface area contributed by atoms with E-state index in [1.54, 1.807) is 11.3 Å². The van der Waals surface area contributed by atoms with E-state index in [1.165, 1.54) is 0 Å². The van der Waals surface area contributed by atoms with Gasteiger partial charge in [-0.3, -0.25) is 4.79 Å². The highest BCUT2D eigenvalue weighted by atomic mass is 32.1. The van der Waals surface area contributed by atoms with E-state index in [-0.39, 0.29) is 5.91 Å². The number of hydrogen-bond donors (Lipinski definition) is 1. The van der Waals surface area contributed by atoms with Gasteiger partial charge in [0.1, 0.15) is 6.04 Å². The molecule has 0 spiro atoms. The van der Waals surface area contributed by atoms with E-state index in [2.05, 4.69) is 16.3 Å². The van der Waals surface area contributed by atoms with Gasteiger partial charge < -0.3 is 24.6 Å². The number of aromatic nitrogens is 1. The first-order valence-electron chi connectivity index (χ1n) is 10.7. The first-order chi connectivity index (χ1) is 15.3. The van der Waals surface area contributed by atoms with E-state index < -0.39 is 6.04 Å². The Bertz CT molecular complexity index is 1030. The summed E-state index contributed by atoms with van der Waals surface area (Å²) in [7, 11) is 0. The molecule has 2 saturated heterocycles. The molecule has 3 heterocycles. The zero-order valence-corrected chi connectivity index (χ0v) is 18.1. The number of thiazole rings is 1. The van der Waals surface area contributed by atoms with Crippen molar-refractivity contribution >= 4 is 38.3 Å². The largest absolute Gasteiger partial charge is 0.378 e. The summed E-state index contributed by atoms with van der Waals surface area (Å²) in [6.07, 6.45) is 0. The molecule has 7 nitrogen and oxygen atoms in total. The molecular formula is C23H26N4O3S. The molecule has 0 aliphatic carbocycles. The minimum absolute atomic E-state index is 0.0768. The molecule has 31 heavy (non-hydrogen) atoms. The molecule has 3 aromatic rings. The summed E-state index contributed by atoms with van der Waals surface area (Å²) < 4.78 is 12.0. The number of nitrogens with one attached hydrogen (secondary N) is 1. The van der Waals surface area contributed by atoms with Crippen LogP contribution in [0.15, 0.2) is 48.5 Å². The van der Waals surface area contributed by atoms with Crippen LogP contribution in [0.2, 0.25) is 0 Å². The van der Waals surface area contributed by atoms with Gasteiger partial charge in [0.05, 0.1) is 36.6 Å². The predicted octanol–water partition coefficient (Wildman–Crippen LogP) is 3.14. The minimum atomic E-state index is -0.441. The molecule has 0 radical (unpaired) electrons. The van der Waals surface area contributed by atoms with E-state index in [4.69, 9.17) is 14.5 Å². The van der Waals surface area contributed by atoms with Crippen molar-refractivity contribution < 1.29 is 14.3 Å². The summed E-state index contributed by atoms with van der Waals surface area (Å²) in [5.41, 5.74) is 2.85. The van der Waals surface area contributed by atoms with Gasteiger partial charge in [0.2, 0.25) is 5.91 Å². The Balaban J connectivity index is 1.40. The zero-order chi connectivity index (χ0) is 21.0. The van der Waals surface area contributed by atoms with Gasteiger partial charge in [-0.2, -0.15) is 0 Å². The van der Waals surface area contributed by atoms with Crippen LogP contribution in [-0.4, -0.2) is 68.4 Å². The monoisotopic (exact) mass is 438 g/mol. The van der Waals surface area contributed by atoms with Crippen LogP contribution in [0, 0.1) is 0 Å². The lowest BCUT2D eigenvalue weighted by molar-refractivity contribution is -0.136. The second-order valence-corrected chi connectivity index (χ2v) is 8.71. The zero-order valence-electron chi connectivity index (χ0n) is 17.3. The van der Waals surface area contributed by atoms with Gasteiger partial charge in [-0.15, -0.1) is 0 Å². The van der Waals surface area contributed by atoms with Crippen molar-refractivity contribution in [2.75, 3.05) is 62.8 Å². The van der Waals surface area contributed by atoms with Crippen LogP contribution in [0.5, 0.6) is 0 Å². The van der Waals surface area contributed by atoms with Crippen LogP contribution in [0.1, 0.15) is 11.6 Å². The highest BCUT2D eigenvalue weighted by molar-refractivity contribution is 7.22. The van der Waals surface area contributed by atoms with E-state index in [1.807, 2.05) is 47.4 Å². The van der Waals surface area contributed by atoms with Crippen LogP contribution in [0.25, 0.3) is 10.2 Å². The van der Waals surface area contributed by atoms with E-state index in [0.717, 1.165) is 52.9 Å². The van der Waals surface area contributed by atoms with Gasteiger partial charge in [-0.05, 0) is 23.8 Å². The molecule has 0 saturated carbocycles. The third-order valence-corrected chi connectivity index (χ3v) is 6.75. The van der Waals surface area contributed by atoms with Crippen molar-refractivity contribution in [3.8, 4) is 0 Å². The molecule has 1 amide bonds. The maximum absolute atomic E-state index is 13.4. The third-order valence-electron chi connectivity index (χ3n) is 5.67. The number of rotatable bonds is 5. The Morgan fingerprint density at radius 3 is 2.42 bits per heavy atom. The minimum Gasteiger partial charge on any atom is -0.378 e. The lowest BCUT2D eigenvalue weighted by Gasteiger charge is -2.31. The molecule has 8 heteroatoms. The maximum Gasteiger partial charge on any atom is 0.249 e. The number of ether oxygens (including phenoxy) is 2. The van der Waals surface area contributed by atoms with Gasteiger partial charge in [0.15, 0.2) is 5.13 Å². The molecule has 1 N–H and O–H groups in total. The van der Waals surface area contributed by atoms with Gasteiger partial charge >= 0.3 is 0 Å². The van der Waals surface area contributed by atoms with Gasteiger partial charge in [-0.25, -0.2) is 4.98 Å². The summed E-state index contributed by atoms with van der Waals surface area (Å²) in [4.78, 5) is 22.3. The summed E-state index contributed by atoms with van der Waals surface area (Å²) in [6.45, 7) is 5.65. The molecule has 2 aliphatic rings. The second kappa shape index (κ2) is 9.21. The van der Waals surface area contributed by atoms with Crippen molar-refractivity contribution in [3.05, 3.63) is 54.1 Å². The van der Waals surface area contributed by atoms with Crippen LogP contribution in [-0.2, 0) is 14.3 Å². The summed E-state index contributed by atoms with van der Waals surface area (Å²) >= 11 is 1.68. The number of anilines is 2. The van der Waals surface area contributed by atoms with E-state index >= 15 is 0 Å². The SMILES string of the molecule is O=C(C(Nc1ccc2nc(N3CCOCC3)sc2c1)c1ccccc1)N1CCOCC1. The lowest BCUT2D eigenvalue weighted by atomic mass is 10.0. The quantitative estimate of drug-likeness (QED) is 0.660. The molecule has 162 valence electrons. The standard InChI is InChI=1S/C23H26N4O3S/c28-22(26-8-12-29-13-9-26)21(17-4-2-1-3-5-17)24-18-6-7-19-20(16-18)31-23(25-19)27-10-14-30-15-11-27/h1-7,16,21,24H,8-15H2. The number of hydrogen-bond acceptors (Lipinski definition) is 7. The summed E-state index contributed by atoms with van der Waals surface area (Å²) in [5.74, 6) is 0.0768. The fourth-order valence-electron chi connectivity index (χ4n) is 3.96. The van der Waals surface area contributed by atoms with Crippen LogP contribution in [0.4, 0.5) is 10.8 Å². The Morgan fingerprint density at radius 1 is 0.968 bits per heavy atom. The summed E-state index contributed by atoms with van der Waals surface area (Å²) in [5, 5.41) is 4.51. The number of nitrogens with zero attached hydrogens (tertiary/aromatic N) is 3. The molecule has 2 aromatic carbocycles. The normalized spacial score (nSPS) is 18.2. The molecule has 1 atom stereocenters. The summed E-state index contributed by atoms with van der Waals surface area (Å²) in [6, 6.07) is 15.6. The fraction of sp³-hybridized carbons (Fsp3) is 0.391. The first-order valence-corrected chi connectivity index (χ1v) is 11.5. The van der Waals surface area contributed by atoms with Gasteiger partial charge in [0, 0.05) is 31.9 Å². The third kappa shape index (κ3) is 4.51. The number of benzene rings is 2. The number of fused-ring (bicyclic) bond motifs is 1. The first kappa shape index (κ1) is 20.2.